The van der Waals surface area contributed by atoms with E-state index in [0.29, 0.717) is 12.8 Å². The molecule has 2 rings (SSSR count). The highest BCUT2D eigenvalue weighted by atomic mass is 16.5. The second-order valence-electron chi connectivity index (χ2n) is 10.3. The molecule has 0 spiro atoms. The zero-order chi connectivity index (χ0) is 27.5. The van der Waals surface area contributed by atoms with Crippen LogP contribution in [-0.4, -0.2) is 71.2 Å². The number of hydrogen-bond acceptors (Lipinski definition) is 7. The van der Waals surface area contributed by atoms with Crippen LogP contribution in [0.15, 0.2) is 36.0 Å². The van der Waals surface area contributed by atoms with Gasteiger partial charge in [-0.25, -0.2) is 0 Å². The number of carboxylic acids is 1. The highest BCUT2D eigenvalue weighted by Crippen LogP contribution is 2.29. The van der Waals surface area contributed by atoms with Crippen LogP contribution in [0.2, 0.25) is 0 Å². The van der Waals surface area contributed by atoms with Gasteiger partial charge in [-0.3, -0.25) is 14.4 Å². The standard InChI is InChI=1S/C28H43NO8/c1-17(6-9-23-13-22(16-30)14-24(37-23)15-28(33)34)7-10-26-18(2)12-25(20(4)36-26)29-27(32)11-8-19(3)35-21(5)31/h6-9,11,18-20,22-26,30H,10,12-16H2,1-5H3,(H,29,32)(H,33,34)/b9-6+,11-8-,17-7+/t18-,19-,20+,22-,23+,24-,25+,26-/m0/s1. The van der Waals surface area contributed by atoms with Crippen LogP contribution in [0.25, 0.3) is 0 Å². The summed E-state index contributed by atoms with van der Waals surface area (Å²) in [5, 5.41) is 21.6. The molecule has 0 aromatic heterocycles. The van der Waals surface area contributed by atoms with Gasteiger partial charge < -0.3 is 29.7 Å². The molecule has 2 heterocycles. The van der Waals surface area contributed by atoms with Crippen LogP contribution in [-0.2, 0) is 28.6 Å². The van der Waals surface area contributed by atoms with Crippen LogP contribution >= 0.6 is 0 Å². The summed E-state index contributed by atoms with van der Waals surface area (Å²) < 4.78 is 17.1. The van der Waals surface area contributed by atoms with E-state index in [1.54, 1.807) is 13.0 Å². The van der Waals surface area contributed by atoms with Crippen LogP contribution in [0.3, 0.4) is 0 Å². The molecule has 208 valence electrons. The second kappa shape index (κ2) is 15.1. The summed E-state index contributed by atoms with van der Waals surface area (Å²) in [6.45, 7) is 9.12. The Bertz CT molecular complexity index is 866. The Morgan fingerprint density at radius 3 is 2.49 bits per heavy atom. The zero-order valence-corrected chi connectivity index (χ0v) is 22.6. The van der Waals surface area contributed by atoms with Gasteiger partial charge in [-0.15, -0.1) is 0 Å². The molecule has 2 fully saturated rings. The number of aliphatic hydroxyl groups is 1. The van der Waals surface area contributed by atoms with E-state index in [-0.39, 0.29) is 61.2 Å². The monoisotopic (exact) mass is 521 g/mol. The predicted molar refractivity (Wildman–Crippen MR) is 139 cm³/mol. The van der Waals surface area contributed by atoms with E-state index >= 15 is 0 Å². The average Bonchev–Trinajstić information content (AvgIpc) is 2.81. The maximum absolute atomic E-state index is 12.3. The lowest BCUT2D eigenvalue weighted by molar-refractivity contribution is -0.144. The zero-order valence-electron chi connectivity index (χ0n) is 22.6. The first-order valence-electron chi connectivity index (χ1n) is 13.1. The van der Waals surface area contributed by atoms with E-state index in [0.717, 1.165) is 18.4 Å². The maximum atomic E-state index is 12.3. The lowest BCUT2D eigenvalue weighted by atomic mass is 9.88. The first-order valence-corrected chi connectivity index (χ1v) is 13.1. The molecule has 8 atom stereocenters. The lowest BCUT2D eigenvalue weighted by Crippen LogP contribution is -2.50. The number of carboxylic acid groups (broad SMARTS) is 1. The van der Waals surface area contributed by atoms with Gasteiger partial charge in [-0.2, -0.15) is 0 Å². The molecule has 0 aromatic carbocycles. The van der Waals surface area contributed by atoms with Crippen molar-refractivity contribution >= 4 is 17.8 Å². The molecule has 9 heteroatoms. The molecule has 0 saturated carbocycles. The van der Waals surface area contributed by atoms with Crippen molar-refractivity contribution < 1.29 is 38.8 Å². The molecule has 9 nitrogen and oxygen atoms in total. The van der Waals surface area contributed by atoms with Crippen molar-refractivity contribution in [3.8, 4) is 0 Å². The summed E-state index contributed by atoms with van der Waals surface area (Å²) in [7, 11) is 0. The number of aliphatic carboxylic acids is 1. The Labute approximate surface area is 219 Å². The van der Waals surface area contributed by atoms with E-state index in [9.17, 15) is 19.5 Å². The van der Waals surface area contributed by atoms with Crippen LogP contribution < -0.4 is 5.32 Å². The number of hydrogen-bond donors (Lipinski definition) is 3. The molecule has 0 aliphatic carbocycles. The minimum absolute atomic E-state index is 0.0238. The Morgan fingerprint density at radius 2 is 1.84 bits per heavy atom. The number of carbonyl (C=O) groups excluding carboxylic acids is 2. The molecule has 0 aromatic rings. The molecule has 2 saturated heterocycles. The number of amides is 1. The summed E-state index contributed by atoms with van der Waals surface area (Å²) >= 11 is 0. The van der Waals surface area contributed by atoms with Crippen molar-refractivity contribution in [2.75, 3.05) is 6.61 Å². The SMILES string of the molecule is CC(=O)O[C@@H](C)/C=C\C(=O)N[C@@H]1C[C@H](C)[C@H](C/C=C(C)/C=C/[C@@H]2C[C@H](CO)C[C@@H](CC(=O)O)O2)O[C@@H]1C. The average molecular weight is 522 g/mol. The molecule has 0 unspecified atom stereocenters. The van der Waals surface area contributed by atoms with Crippen molar-refractivity contribution in [2.24, 2.45) is 11.8 Å². The molecule has 1 amide bonds. The van der Waals surface area contributed by atoms with Crippen molar-refractivity contribution in [1.82, 2.24) is 5.32 Å². The summed E-state index contributed by atoms with van der Waals surface area (Å²) in [4.78, 5) is 34.3. The highest BCUT2D eigenvalue weighted by molar-refractivity contribution is 5.87. The van der Waals surface area contributed by atoms with Crippen molar-refractivity contribution in [1.29, 1.82) is 0 Å². The Morgan fingerprint density at radius 1 is 1.11 bits per heavy atom. The summed E-state index contributed by atoms with van der Waals surface area (Å²) in [5.41, 5.74) is 1.05. The van der Waals surface area contributed by atoms with Crippen molar-refractivity contribution in [2.45, 2.75) is 103 Å². The summed E-state index contributed by atoms with van der Waals surface area (Å²) in [6, 6.07) is -0.112. The van der Waals surface area contributed by atoms with Gasteiger partial charge in [-0.05, 0) is 64.4 Å². The topological polar surface area (TPSA) is 131 Å². The minimum Gasteiger partial charge on any atom is -0.481 e. The molecule has 2 aliphatic rings. The normalized spacial score (nSPS) is 31.8. The maximum Gasteiger partial charge on any atom is 0.305 e. The fraction of sp³-hybridized carbons (Fsp3) is 0.679. The number of carbonyl (C=O) groups is 3. The van der Waals surface area contributed by atoms with Crippen LogP contribution in [0.1, 0.15) is 66.7 Å². The first-order chi connectivity index (χ1) is 17.5. The Balaban J connectivity index is 1.85. The molecular weight excluding hydrogens is 478 g/mol. The van der Waals surface area contributed by atoms with Gasteiger partial charge in [0.05, 0.1) is 36.9 Å². The minimum atomic E-state index is -0.898. The Hall–Kier alpha value is -2.49. The fourth-order valence-electron chi connectivity index (χ4n) is 4.85. The van der Waals surface area contributed by atoms with Crippen LogP contribution in [0.4, 0.5) is 0 Å². The van der Waals surface area contributed by atoms with Gasteiger partial charge in [0.15, 0.2) is 0 Å². The van der Waals surface area contributed by atoms with Gasteiger partial charge in [0, 0.05) is 19.6 Å². The van der Waals surface area contributed by atoms with E-state index in [1.165, 1.54) is 13.0 Å². The first kappa shape index (κ1) is 30.7. The van der Waals surface area contributed by atoms with Crippen molar-refractivity contribution in [3.05, 3.63) is 36.0 Å². The summed E-state index contributed by atoms with van der Waals surface area (Å²) in [6.07, 6.45) is 10.5. The molecule has 2 aliphatic heterocycles. The van der Waals surface area contributed by atoms with Gasteiger partial charge in [-0.1, -0.05) is 30.7 Å². The van der Waals surface area contributed by atoms with Crippen LogP contribution in [0, 0.1) is 11.8 Å². The largest absolute Gasteiger partial charge is 0.481 e. The van der Waals surface area contributed by atoms with Crippen LogP contribution in [0.5, 0.6) is 0 Å². The van der Waals surface area contributed by atoms with Crippen molar-refractivity contribution in [3.63, 3.8) is 0 Å². The lowest BCUT2D eigenvalue weighted by Gasteiger charge is -2.39. The van der Waals surface area contributed by atoms with E-state index in [4.69, 9.17) is 19.3 Å². The van der Waals surface area contributed by atoms with Gasteiger partial charge in [0.1, 0.15) is 6.10 Å². The number of nitrogens with one attached hydrogen (secondary N) is 1. The molecule has 3 N–H and O–H groups in total. The molecular formula is C28H43NO8. The highest BCUT2D eigenvalue weighted by Gasteiger charge is 2.33. The number of esters is 1. The molecule has 37 heavy (non-hydrogen) atoms. The third kappa shape index (κ3) is 11.2. The fourth-order valence-corrected chi connectivity index (χ4v) is 4.85. The third-order valence-corrected chi connectivity index (χ3v) is 6.85. The van der Waals surface area contributed by atoms with Gasteiger partial charge in [0.2, 0.25) is 5.91 Å². The predicted octanol–water partition coefficient (Wildman–Crippen LogP) is 3.32. The number of aliphatic hydroxyl groups excluding tert-OH is 1. The second-order valence-corrected chi connectivity index (χ2v) is 10.3. The third-order valence-electron chi connectivity index (χ3n) is 6.85. The molecule has 0 bridgehead atoms. The number of allylic oxidation sites excluding steroid dienone is 2. The smallest absolute Gasteiger partial charge is 0.305 e. The molecule has 0 radical (unpaired) electrons. The van der Waals surface area contributed by atoms with E-state index in [1.807, 2.05) is 26.0 Å². The van der Waals surface area contributed by atoms with Gasteiger partial charge >= 0.3 is 11.9 Å². The number of rotatable bonds is 11. The van der Waals surface area contributed by atoms with Gasteiger partial charge in [0.25, 0.3) is 0 Å². The quantitative estimate of drug-likeness (QED) is 0.214. The Kier molecular flexibility index (Phi) is 12.5. The number of ether oxygens (including phenoxy) is 3. The van der Waals surface area contributed by atoms with E-state index in [2.05, 4.69) is 18.3 Å². The summed E-state index contributed by atoms with van der Waals surface area (Å²) in [5.74, 6) is -1.26. The van der Waals surface area contributed by atoms with E-state index < -0.39 is 18.0 Å².